The van der Waals surface area contributed by atoms with Gasteiger partial charge in [0.05, 0.1) is 23.1 Å². The van der Waals surface area contributed by atoms with Gasteiger partial charge in [0.25, 0.3) is 0 Å². The maximum Gasteiger partial charge on any atom is 0.244 e. The number of nitrogens with zero attached hydrogens (tertiary/aromatic N) is 2. The molecular formula is C20H22N2O4S. The molecule has 0 unspecified atom stereocenters. The molecule has 0 bridgehead atoms. The highest BCUT2D eigenvalue weighted by Gasteiger charge is 2.70. The average molecular weight is 386 g/mol. The summed E-state index contributed by atoms with van der Waals surface area (Å²) in [5.74, 6) is -0.227. The van der Waals surface area contributed by atoms with Crippen LogP contribution in [-0.2, 0) is 14.8 Å². The predicted octanol–water partition coefficient (Wildman–Crippen LogP) is 1.44. The van der Waals surface area contributed by atoms with Gasteiger partial charge in [-0.1, -0.05) is 48.5 Å². The molecule has 4 rings (SSSR count). The molecule has 2 aromatic carbocycles. The molecule has 0 radical (unpaired) electrons. The summed E-state index contributed by atoms with van der Waals surface area (Å²) in [4.78, 5) is 13.6. The molecule has 2 aliphatic rings. The van der Waals surface area contributed by atoms with E-state index in [0.29, 0.717) is 13.1 Å². The molecule has 27 heavy (non-hydrogen) atoms. The number of benzene rings is 2. The first-order valence-corrected chi connectivity index (χ1v) is 10.4. The average Bonchev–Trinajstić information content (AvgIpc) is 2.61. The van der Waals surface area contributed by atoms with Crippen molar-refractivity contribution < 1.29 is 18.3 Å². The fraction of sp³-hybridized carbons (Fsp3) is 0.350. The molecule has 1 N–H and O–H groups in total. The summed E-state index contributed by atoms with van der Waals surface area (Å²) in [6.45, 7) is 1.89. The van der Waals surface area contributed by atoms with Crippen LogP contribution in [0.15, 0.2) is 65.6 Å². The van der Waals surface area contributed by atoms with Crippen molar-refractivity contribution in [1.29, 1.82) is 0 Å². The zero-order valence-corrected chi connectivity index (χ0v) is 15.8. The lowest BCUT2D eigenvalue weighted by Gasteiger charge is -2.69. The highest BCUT2D eigenvalue weighted by molar-refractivity contribution is 7.89. The molecule has 1 spiro atoms. The third-order valence-corrected chi connectivity index (χ3v) is 7.74. The number of aliphatic hydroxyl groups is 1. The molecular weight excluding hydrogens is 364 g/mol. The Morgan fingerprint density at radius 1 is 1.07 bits per heavy atom. The molecule has 6 nitrogen and oxygen atoms in total. The molecule has 0 aliphatic carbocycles. The molecule has 2 fully saturated rings. The summed E-state index contributed by atoms with van der Waals surface area (Å²) in [6.07, 6.45) is 0. The van der Waals surface area contributed by atoms with Crippen molar-refractivity contribution in [3.05, 3.63) is 66.2 Å². The zero-order valence-electron chi connectivity index (χ0n) is 15.0. The van der Waals surface area contributed by atoms with Crippen molar-refractivity contribution in [1.82, 2.24) is 9.21 Å². The van der Waals surface area contributed by atoms with Crippen LogP contribution >= 0.6 is 0 Å². The van der Waals surface area contributed by atoms with E-state index in [-0.39, 0.29) is 23.3 Å². The third-order valence-electron chi connectivity index (χ3n) is 5.72. The molecule has 0 aromatic heterocycles. The van der Waals surface area contributed by atoms with Crippen molar-refractivity contribution >= 4 is 15.9 Å². The third kappa shape index (κ3) is 2.61. The lowest BCUT2D eigenvalue weighted by molar-refractivity contribution is -0.165. The first-order valence-electron chi connectivity index (χ1n) is 8.93. The van der Waals surface area contributed by atoms with Gasteiger partial charge >= 0.3 is 0 Å². The molecule has 2 heterocycles. The molecule has 1 amide bonds. The second-order valence-electron chi connectivity index (χ2n) is 7.23. The molecule has 2 aromatic rings. The summed E-state index contributed by atoms with van der Waals surface area (Å²) in [5, 5.41) is 10.0. The number of likely N-dealkylation sites (tertiary alicyclic amines) is 1. The number of carbonyl (C=O) groups excluding carboxylic acids is 1. The number of amides is 1. The van der Waals surface area contributed by atoms with Crippen molar-refractivity contribution in [2.75, 3.05) is 19.7 Å². The van der Waals surface area contributed by atoms with Gasteiger partial charge in [-0.05, 0) is 17.7 Å². The molecule has 7 heteroatoms. The summed E-state index contributed by atoms with van der Waals surface area (Å²) < 4.78 is 28.2. The summed E-state index contributed by atoms with van der Waals surface area (Å²) >= 11 is 0. The minimum absolute atomic E-state index is 0.0723. The normalized spacial score (nSPS) is 24.3. The first kappa shape index (κ1) is 18.2. The van der Waals surface area contributed by atoms with Crippen LogP contribution in [0.1, 0.15) is 18.4 Å². The Hall–Kier alpha value is -2.22. The number of hydrogen-bond donors (Lipinski definition) is 1. The first-order chi connectivity index (χ1) is 12.9. The molecule has 2 atom stereocenters. The lowest BCUT2D eigenvalue weighted by Crippen LogP contribution is -2.85. The van der Waals surface area contributed by atoms with E-state index in [0.717, 1.165) is 5.56 Å². The van der Waals surface area contributed by atoms with Crippen molar-refractivity contribution in [2.24, 2.45) is 0 Å². The molecule has 142 valence electrons. The Labute approximate surface area is 159 Å². The Kier molecular flexibility index (Phi) is 4.33. The van der Waals surface area contributed by atoms with Gasteiger partial charge in [0, 0.05) is 25.9 Å². The van der Waals surface area contributed by atoms with Crippen LogP contribution in [0, 0.1) is 0 Å². The van der Waals surface area contributed by atoms with E-state index < -0.39 is 21.6 Å². The zero-order chi connectivity index (χ0) is 19.2. The molecule has 2 aliphatic heterocycles. The predicted molar refractivity (Wildman–Crippen MR) is 101 cm³/mol. The number of rotatable bonds is 4. The minimum Gasteiger partial charge on any atom is -0.395 e. The molecule has 2 saturated heterocycles. The highest BCUT2D eigenvalue weighted by Crippen LogP contribution is 2.56. The molecule has 0 saturated carbocycles. The van der Waals surface area contributed by atoms with E-state index in [1.165, 1.54) is 11.2 Å². The maximum atomic E-state index is 13.4. The van der Waals surface area contributed by atoms with E-state index in [1.54, 1.807) is 35.2 Å². The number of carbonyl (C=O) groups is 1. The van der Waals surface area contributed by atoms with Gasteiger partial charge < -0.3 is 10.0 Å². The fourth-order valence-corrected chi connectivity index (χ4v) is 6.53. The van der Waals surface area contributed by atoms with Gasteiger partial charge in [0.15, 0.2) is 0 Å². The Morgan fingerprint density at radius 3 is 2.15 bits per heavy atom. The fourth-order valence-electron chi connectivity index (χ4n) is 4.55. The van der Waals surface area contributed by atoms with Gasteiger partial charge in [-0.15, -0.1) is 0 Å². The largest absolute Gasteiger partial charge is 0.395 e. The number of hydrogen-bond acceptors (Lipinski definition) is 4. The van der Waals surface area contributed by atoms with Crippen LogP contribution in [-0.4, -0.2) is 59.9 Å². The standard InChI is InChI=1S/C20H22N2O4S/c1-15(24)21-13-20(14-21)19(16-8-4-2-5-9-16)18(12-23)22(20)27(25,26)17-10-6-3-7-11-17/h2-11,18-19,23H,12-14H2,1H3/t18-,19-/m1/s1. The Balaban J connectivity index is 1.78. The van der Waals surface area contributed by atoms with Crippen LogP contribution in [0.2, 0.25) is 0 Å². The second-order valence-corrected chi connectivity index (χ2v) is 9.05. The summed E-state index contributed by atoms with van der Waals surface area (Å²) in [7, 11) is -3.79. The quantitative estimate of drug-likeness (QED) is 0.863. The van der Waals surface area contributed by atoms with Crippen molar-refractivity contribution in [3.8, 4) is 0 Å². The summed E-state index contributed by atoms with van der Waals surface area (Å²) in [5.41, 5.74) is 0.272. The topological polar surface area (TPSA) is 77.9 Å². The number of sulfonamides is 1. The van der Waals surface area contributed by atoms with Gasteiger partial charge in [0.2, 0.25) is 15.9 Å². The van der Waals surface area contributed by atoms with Crippen LogP contribution in [0.4, 0.5) is 0 Å². The lowest BCUT2D eigenvalue weighted by atomic mass is 9.63. The maximum absolute atomic E-state index is 13.4. The van der Waals surface area contributed by atoms with Crippen LogP contribution in [0.5, 0.6) is 0 Å². The van der Waals surface area contributed by atoms with Crippen molar-refractivity contribution in [3.63, 3.8) is 0 Å². The van der Waals surface area contributed by atoms with E-state index in [1.807, 2.05) is 30.3 Å². The van der Waals surface area contributed by atoms with Crippen LogP contribution in [0.25, 0.3) is 0 Å². The number of aliphatic hydroxyl groups excluding tert-OH is 1. The van der Waals surface area contributed by atoms with Crippen LogP contribution in [0.3, 0.4) is 0 Å². The minimum atomic E-state index is -3.79. The Morgan fingerprint density at radius 2 is 1.63 bits per heavy atom. The van der Waals surface area contributed by atoms with E-state index in [4.69, 9.17) is 0 Å². The van der Waals surface area contributed by atoms with Gasteiger partial charge in [-0.2, -0.15) is 4.31 Å². The van der Waals surface area contributed by atoms with Gasteiger partial charge in [-0.25, -0.2) is 8.42 Å². The monoisotopic (exact) mass is 386 g/mol. The van der Waals surface area contributed by atoms with Gasteiger partial charge in [-0.3, -0.25) is 4.79 Å². The smallest absolute Gasteiger partial charge is 0.244 e. The van der Waals surface area contributed by atoms with E-state index >= 15 is 0 Å². The van der Waals surface area contributed by atoms with E-state index in [9.17, 15) is 18.3 Å². The Bertz CT molecular complexity index is 940. The summed E-state index contributed by atoms with van der Waals surface area (Å²) in [6, 6.07) is 17.4. The van der Waals surface area contributed by atoms with E-state index in [2.05, 4.69) is 0 Å². The van der Waals surface area contributed by atoms with Crippen LogP contribution < -0.4 is 0 Å². The SMILES string of the molecule is CC(=O)N1CC2(C1)[C@H](c1ccccc1)[C@@H](CO)N2S(=O)(=O)c1ccccc1. The van der Waals surface area contributed by atoms with Crippen molar-refractivity contribution in [2.45, 2.75) is 29.3 Å². The highest BCUT2D eigenvalue weighted by atomic mass is 32.2. The van der Waals surface area contributed by atoms with Gasteiger partial charge in [0.1, 0.15) is 0 Å². The second kappa shape index (κ2) is 6.44.